The highest BCUT2D eigenvalue weighted by Gasteiger charge is 2.12. The zero-order valence-corrected chi connectivity index (χ0v) is 13.4. The molecule has 5 heteroatoms. The van der Waals surface area contributed by atoms with Gasteiger partial charge in [-0.1, -0.05) is 53.6 Å². The van der Waals surface area contributed by atoms with E-state index in [2.05, 4.69) is 10.3 Å². The molecule has 1 heterocycles. The van der Waals surface area contributed by atoms with Crippen molar-refractivity contribution >= 4 is 35.1 Å². The molecule has 0 aliphatic carbocycles. The molecule has 0 aliphatic heterocycles. The molecule has 0 bridgehead atoms. The van der Waals surface area contributed by atoms with Crippen molar-refractivity contribution in [3.63, 3.8) is 0 Å². The summed E-state index contributed by atoms with van der Waals surface area (Å²) in [4.78, 5) is 4.34. The number of ether oxygens (including phenoxy) is 1. The van der Waals surface area contributed by atoms with E-state index in [0.29, 0.717) is 34.0 Å². The van der Waals surface area contributed by atoms with Gasteiger partial charge >= 0.3 is 0 Å². The topological polar surface area (TPSA) is 34.1 Å². The number of halogens is 2. The quantitative estimate of drug-likeness (QED) is 0.772. The summed E-state index contributed by atoms with van der Waals surface area (Å²) in [5.74, 6) is 1.57. The van der Waals surface area contributed by atoms with Gasteiger partial charge in [0.1, 0.15) is 16.6 Å². The van der Waals surface area contributed by atoms with E-state index in [0.717, 1.165) is 5.56 Å². The number of hydrogen-bond acceptors (Lipinski definition) is 3. The lowest BCUT2D eigenvalue weighted by molar-refractivity contribution is 0.463. The number of aromatic nitrogens is 1. The second-order valence-electron chi connectivity index (χ2n) is 4.28. The number of nitrogens with zero attached hydrogens (tertiary/aromatic N) is 1. The predicted octanol–water partition coefficient (Wildman–Crippen LogP) is 5.65. The number of pyridine rings is 1. The van der Waals surface area contributed by atoms with Crippen LogP contribution in [0.2, 0.25) is 10.0 Å². The number of allylic oxidation sites excluding steroid dienone is 1. The third-order valence-corrected chi connectivity index (χ3v) is 3.27. The lowest BCUT2D eigenvalue weighted by Gasteiger charge is -2.12. The first kappa shape index (κ1) is 15.7. The fourth-order valence-corrected chi connectivity index (χ4v) is 2.27. The van der Waals surface area contributed by atoms with Gasteiger partial charge in [0, 0.05) is 12.1 Å². The van der Waals surface area contributed by atoms with Crippen molar-refractivity contribution in [2.24, 2.45) is 0 Å². The SMILES string of the molecule is C/C=C/c1ccccc1Oc1nc(NCC)c(Cl)cc1Cl. The molecule has 0 amide bonds. The maximum Gasteiger partial charge on any atom is 0.240 e. The summed E-state index contributed by atoms with van der Waals surface area (Å²) in [5, 5.41) is 3.91. The smallest absolute Gasteiger partial charge is 0.240 e. The Kier molecular flexibility index (Phi) is 5.48. The van der Waals surface area contributed by atoms with Crippen molar-refractivity contribution in [3.05, 3.63) is 52.0 Å². The Morgan fingerprint density at radius 1 is 1.24 bits per heavy atom. The molecule has 1 N–H and O–H groups in total. The van der Waals surface area contributed by atoms with E-state index >= 15 is 0 Å². The first-order valence-electron chi connectivity index (χ1n) is 6.65. The molecular formula is C16H16Cl2N2O. The van der Waals surface area contributed by atoms with Gasteiger partial charge in [0.2, 0.25) is 5.88 Å². The highest BCUT2D eigenvalue weighted by atomic mass is 35.5. The first-order valence-corrected chi connectivity index (χ1v) is 7.40. The molecule has 0 unspecified atom stereocenters. The summed E-state index contributed by atoms with van der Waals surface area (Å²) < 4.78 is 5.84. The van der Waals surface area contributed by atoms with Crippen LogP contribution in [-0.2, 0) is 0 Å². The molecule has 2 rings (SSSR count). The maximum atomic E-state index is 6.16. The fraction of sp³-hybridized carbons (Fsp3) is 0.188. The van der Waals surface area contributed by atoms with Gasteiger partial charge in [-0.2, -0.15) is 4.98 Å². The summed E-state index contributed by atoms with van der Waals surface area (Å²) >= 11 is 12.3. The molecule has 0 saturated heterocycles. The second kappa shape index (κ2) is 7.34. The summed E-state index contributed by atoms with van der Waals surface area (Å²) in [6.07, 6.45) is 3.91. The molecule has 0 radical (unpaired) electrons. The number of hydrogen-bond donors (Lipinski definition) is 1. The van der Waals surface area contributed by atoms with Crippen molar-refractivity contribution < 1.29 is 4.74 Å². The Bertz CT molecular complexity index is 657. The maximum absolute atomic E-state index is 6.16. The highest BCUT2D eigenvalue weighted by molar-refractivity contribution is 6.36. The van der Waals surface area contributed by atoms with Gasteiger partial charge in [0.25, 0.3) is 0 Å². The Morgan fingerprint density at radius 3 is 2.71 bits per heavy atom. The summed E-state index contributed by atoms with van der Waals surface area (Å²) in [6, 6.07) is 9.31. The average Bonchev–Trinajstić information content (AvgIpc) is 2.46. The lowest BCUT2D eigenvalue weighted by Crippen LogP contribution is -2.01. The molecule has 0 spiro atoms. The van der Waals surface area contributed by atoms with Gasteiger partial charge in [0.05, 0.1) is 5.02 Å². The first-order chi connectivity index (χ1) is 10.2. The van der Waals surface area contributed by atoms with Crippen LogP contribution >= 0.6 is 23.2 Å². The van der Waals surface area contributed by atoms with Crippen LogP contribution < -0.4 is 10.1 Å². The zero-order chi connectivity index (χ0) is 15.2. The molecule has 21 heavy (non-hydrogen) atoms. The normalized spacial score (nSPS) is 10.9. The number of anilines is 1. The van der Waals surface area contributed by atoms with Gasteiger partial charge in [0.15, 0.2) is 0 Å². The summed E-state index contributed by atoms with van der Waals surface area (Å²) in [7, 11) is 0. The molecule has 110 valence electrons. The third kappa shape index (κ3) is 3.90. The second-order valence-corrected chi connectivity index (χ2v) is 5.09. The lowest BCUT2D eigenvalue weighted by atomic mass is 10.2. The van der Waals surface area contributed by atoms with Crippen LogP contribution in [-0.4, -0.2) is 11.5 Å². The monoisotopic (exact) mass is 322 g/mol. The van der Waals surface area contributed by atoms with Gasteiger partial charge < -0.3 is 10.1 Å². The van der Waals surface area contributed by atoms with Crippen molar-refractivity contribution in [2.45, 2.75) is 13.8 Å². The number of rotatable bonds is 5. The molecule has 0 fully saturated rings. The van der Waals surface area contributed by atoms with Gasteiger partial charge in [-0.15, -0.1) is 0 Å². The highest BCUT2D eigenvalue weighted by Crippen LogP contribution is 2.34. The number of nitrogens with one attached hydrogen (secondary N) is 1. The molecule has 1 aromatic heterocycles. The van der Waals surface area contributed by atoms with Crippen LogP contribution in [0.3, 0.4) is 0 Å². The van der Waals surface area contributed by atoms with E-state index in [1.54, 1.807) is 6.07 Å². The minimum atomic E-state index is 0.328. The fourth-order valence-electron chi connectivity index (χ4n) is 1.81. The minimum Gasteiger partial charge on any atom is -0.437 e. The summed E-state index contributed by atoms with van der Waals surface area (Å²) in [6.45, 7) is 4.63. The molecule has 0 saturated carbocycles. The average molecular weight is 323 g/mol. The Balaban J connectivity index is 2.37. The molecule has 1 aromatic carbocycles. The molecule has 0 aliphatic rings. The largest absolute Gasteiger partial charge is 0.437 e. The van der Waals surface area contributed by atoms with E-state index in [4.69, 9.17) is 27.9 Å². The van der Waals surface area contributed by atoms with E-state index in [-0.39, 0.29) is 0 Å². The van der Waals surface area contributed by atoms with Crippen LogP contribution in [0, 0.1) is 0 Å². The van der Waals surface area contributed by atoms with Crippen LogP contribution in [0.4, 0.5) is 5.82 Å². The van der Waals surface area contributed by atoms with Gasteiger partial charge in [-0.25, -0.2) is 0 Å². The molecule has 0 atom stereocenters. The van der Waals surface area contributed by atoms with Crippen LogP contribution in [0.5, 0.6) is 11.6 Å². The Labute approximate surface area is 134 Å². The Morgan fingerprint density at radius 2 is 2.00 bits per heavy atom. The number of benzene rings is 1. The zero-order valence-electron chi connectivity index (χ0n) is 11.9. The molecular weight excluding hydrogens is 307 g/mol. The molecule has 2 aromatic rings. The van der Waals surface area contributed by atoms with Crippen molar-refractivity contribution in [3.8, 4) is 11.6 Å². The third-order valence-electron chi connectivity index (χ3n) is 2.71. The molecule has 3 nitrogen and oxygen atoms in total. The van der Waals surface area contributed by atoms with E-state index in [1.165, 1.54) is 0 Å². The van der Waals surface area contributed by atoms with Crippen molar-refractivity contribution in [2.75, 3.05) is 11.9 Å². The van der Waals surface area contributed by atoms with Gasteiger partial charge in [-0.3, -0.25) is 0 Å². The van der Waals surface area contributed by atoms with Crippen LogP contribution in [0.15, 0.2) is 36.4 Å². The summed E-state index contributed by atoms with van der Waals surface area (Å²) in [5.41, 5.74) is 0.956. The van der Waals surface area contributed by atoms with Crippen molar-refractivity contribution in [1.29, 1.82) is 0 Å². The predicted molar refractivity (Wildman–Crippen MR) is 89.6 cm³/mol. The Hall–Kier alpha value is -1.71. The minimum absolute atomic E-state index is 0.328. The number of para-hydroxylation sites is 1. The van der Waals surface area contributed by atoms with E-state index in [1.807, 2.05) is 50.3 Å². The van der Waals surface area contributed by atoms with Gasteiger partial charge in [-0.05, 0) is 26.0 Å². The van der Waals surface area contributed by atoms with Crippen LogP contribution in [0.1, 0.15) is 19.4 Å². The van der Waals surface area contributed by atoms with E-state index in [9.17, 15) is 0 Å². The van der Waals surface area contributed by atoms with Crippen molar-refractivity contribution in [1.82, 2.24) is 4.98 Å². The van der Waals surface area contributed by atoms with Crippen LogP contribution in [0.25, 0.3) is 6.08 Å². The van der Waals surface area contributed by atoms with E-state index < -0.39 is 0 Å². The standard InChI is InChI=1S/C16H16Cl2N2O/c1-3-7-11-8-5-6-9-14(11)21-16-13(18)10-12(17)15(20-16)19-4-2/h3,5-10H,4H2,1-2H3,(H,19,20)/b7-3+.